The van der Waals surface area contributed by atoms with E-state index in [0.29, 0.717) is 0 Å². The molecule has 2 rings (SSSR count). The second-order valence-electron chi connectivity index (χ2n) is 3.69. The number of carboxylic acid groups (broad SMARTS) is 1. The number of halogens is 1. The molecule has 0 aliphatic rings. The average Bonchev–Trinajstić information content (AvgIpc) is 2.39. The van der Waals surface area contributed by atoms with Gasteiger partial charge in [0.2, 0.25) is 0 Å². The molecule has 0 aliphatic carbocycles. The molecule has 0 spiro atoms. The number of aromatic carboxylic acids is 1. The van der Waals surface area contributed by atoms with Crippen molar-refractivity contribution in [2.24, 2.45) is 0 Å². The summed E-state index contributed by atoms with van der Waals surface area (Å²) in [4.78, 5) is 22.9. The van der Waals surface area contributed by atoms with E-state index in [2.05, 4.69) is 22.6 Å². The molecule has 0 saturated carbocycles. The summed E-state index contributed by atoms with van der Waals surface area (Å²) < 4.78 is 1.19. The summed E-state index contributed by atoms with van der Waals surface area (Å²) in [6.07, 6.45) is 1.60. The van der Waals surface area contributed by atoms with Gasteiger partial charge in [-0.1, -0.05) is 52.9 Å². The number of aromatic nitrogens is 1. The first kappa shape index (κ1) is 12.8. The highest BCUT2D eigenvalue weighted by Crippen LogP contribution is 2.23. The molecule has 0 amide bonds. The van der Waals surface area contributed by atoms with Crippen LogP contribution in [0.3, 0.4) is 0 Å². The van der Waals surface area contributed by atoms with Crippen molar-refractivity contribution in [3.63, 3.8) is 0 Å². The minimum atomic E-state index is -1.20. The number of hydrogen-bond acceptors (Lipinski definition) is 2. The maximum atomic E-state index is 12.0. The molecule has 0 bridgehead atoms. The first-order valence-corrected chi connectivity index (χ1v) is 6.49. The molecule has 0 aliphatic heterocycles. The van der Waals surface area contributed by atoms with Crippen molar-refractivity contribution in [1.82, 2.24) is 4.57 Å². The second-order valence-corrected chi connectivity index (χ2v) is 4.87. The molecule has 0 radical (unpaired) electrons. The van der Waals surface area contributed by atoms with E-state index < -0.39 is 11.5 Å². The van der Waals surface area contributed by atoms with Crippen molar-refractivity contribution < 1.29 is 9.90 Å². The van der Waals surface area contributed by atoms with Gasteiger partial charge in [-0.2, -0.15) is 0 Å². The number of hydrogen-bond donors (Lipinski definition) is 1. The first-order chi connectivity index (χ1) is 8.61. The molecular weight excluding hydrogens is 345 g/mol. The predicted molar refractivity (Wildman–Crippen MR) is 76.3 cm³/mol. The quantitative estimate of drug-likeness (QED) is 0.680. The number of nitrogens with zero attached hydrogens (tertiary/aromatic N) is 1. The number of rotatable bonds is 3. The van der Waals surface area contributed by atoms with E-state index in [0.717, 1.165) is 5.56 Å². The van der Waals surface area contributed by atoms with E-state index in [1.165, 1.54) is 10.6 Å². The fourth-order valence-electron chi connectivity index (χ4n) is 1.62. The van der Waals surface area contributed by atoms with Crippen molar-refractivity contribution in [2.75, 3.05) is 0 Å². The lowest BCUT2D eigenvalue weighted by Crippen LogP contribution is -2.27. The molecule has 18 heavy (non-hydrogen) atoms. The third kappa shape index (κ3) is 2.45. The average molecular weight is 355 g/mol. The Morgan fingerprint density at radius 1 is 1.17 bits per heavy atom. The molecule has 1 heterocycles. The SMILES string of the molecule is O=C(O)c1cccn(C(I)c2ccccc2)c1=O. The van der Waals surface area contributed by atoms with E-state index >= 15 is 0 Å². The van der Waals surface area contributed by atoms with E-state index in [1.807, 2.05) is 30.3 Å². The summed E-state index contributed by atoms with van der Waals surface area (Å²) in [6.45, 7) is 0. The van der Waals surface area contributed by atoms with Crippen molar-refractivity contribution in [1.29, 1.82) is 0 Å². The van der Waals surface area contributed by atoms with Crippen LogP contribution in [0.2, 0.25) is 0 Å². The molecule has 0 saturated heterocycles. The van der Waals surface area contributed by atoms with E-state index in [4.69, 9.17) is 5.11 Å². The van der Waals surface area contributed by atoms with Gasteiger partial charge in [0.25, 0.3) is 5.56 Å². The minimum Gasteiger partial charge on any atom is -0.477 e. The summed E-state index contributed by atoms with van der Waals surface area (Å²) in [7, 11) is 0. The molecule has 0 fully saturated rings. The highest BCUT2D eigenvalue weighted by Gasteiger charge is 2.15. The highest BCUT2D eigenvalue weighted by molar-refractivity contribution is 14.1. The number of alkyl halides is 1. The Bertz CT molecular complexity index is 622. The Hall–Kier alpha value is -1.63. The Balaban J connectivity index is 2.50. The third-order valence-corrected chi connectivity index (χ3v) is 3.84. The molecule has 92 valence electrons. The van der Waals surface area contributed by atoms with Gasteiger partial charge in [0.15, 0.2) is 0 Å². The van der Waals surface area contributed by atoms with Gasteiger partial charge in [0.1, 0.15) is 9.61 Å². The van der Waals surface area contributed by atoms with Gasteiger partial charge in [-0.05, 0) is 17.7 Å². The summed E-state index contributed by atoms with van der Waals surface area (Å²) in [6, 6.07) is 12.3. The fraction of sp³-hybridized carbons (Fsp3) is 0.0769. The van der Waals surface area contributed by atoms with Crippen LogP contribution in [0, 0.1) is 0 Å². The summed E-state index contributed by atoms with van der Waals surface area (Å²) in [5.41, 5.74) is 0.242. The zero-order chi connectivity index (χ0) is 13.1. The van der Waals surface area contributed by atoms with Gasteiger partial charge in [-0.15, -0.1) is 0 Å². The normalized spacial score (nSPS) is 12.1. The van der Waals surface area contributed by atoms with Crippen molar-refractivity contribution in [2.45, 2.75) is 4.05 Å². The van der Waals surface area contributed by atoms with Gasteiger partial charge >= 0.3 is 5.97 Å². The van der Waals surface area contributed by atoms with Crippen molar-refractivity contribution in [3.8, 4) is 0 Å². The minimum absolute atomic E-state index is 0.213. The van der Waals surface area contributed by atoms with Crippen LogP contribution in [-0.2, 0) is 0 Å². The topological polar surface area (TPSA) is 59.3 Å². The van der Waals surface area contributed by atoms with Crippen LogP contribution in [0.5, 0.6) is 0 Å². The fourth-order valence-corrected chi connectivity index (χ4v) is 2.48. The Kier molecular flexibility index (Phi) is 3.81. The monoisotopic (exact) mass is 355 g/mol. The van der Waals surface area contributed by atoms with Crippen molar-refractivity contribution >= 4 is 28.6 Å². The van der Waals surface area contributed by atoms with Crippen LogP contribution in [0.1, 0.15) is 20.0 Å². The van der Waals surface area contributed by atoms with Gasteiger partial charge in [0, 0.05) is 6.20 Å². The molecule has 1 unspecified atom stereocenters. The summed E-state index contributed by atoms with van der Waals surface area (Å²) in [5, 5.41) is 8.93. The molecule has 5 heteroatoms. The van der Waals surface area contributed by atoms with Gasteiger partial charge in [-0.25, -0.2) is 4.79 Å². The molecular formula is C13H10INO3. The van der Waals surface area contributed by atoms with Gasteiger partial charge < -0.3 is 5.11 Å². The van der Waals surface area contributed by atoms with Crippen LogP contribution in [0.4, 0.5) is 0 Å². The summed E-state index contributed by atoms with van der Waals surface area (Å²) >= 11 is 2.11. The molecule has 4 nitrogen and oxygen atoms in total. The molecule has 1 aromatic carbocycles. The maximum absolute atomic E-state index is 12.0. The van der Waals surface area contributed by atoms with Gasteiger partial charge in [0.05, 0.1) is 0 Å². The number of pyridine rings is 1. The lowest BCUT2D eigenvalue weighted by Gasteiger charge is -2.14. The largest absolute Gasteiger partial charge is 0.477 e. The Morgan fingerprint density at radius 2 is 1.83 bits per heavy atom. The van der Waals surface area contributed by atoms with Crippen LogP contribution >= 0.6 is 22.6 Å². The van der Waals surface area contributed by atoms with Crippen LogP contribution in [0.15, 0.2) is 53.5 Å². The Morgan fingerprint density at radius 3 is 2.44 bits per heavy atom. The lowest BCUT2D eigenvalue weighted by molar-refractivity contribution is 0.0694. The molecule has 1 N–H and O–H groups in total. The number of carboxylic acids is 1. The highest BCUT2D eigenvalue weighted by atomic mass is 127. The standard InChI is InChI=1S/C13H10INO3/c14-11(9-5-2-1-3-6-9)15-8-4-7-10(12(15)16)13(17)18/h1-8,11H,(H,17,18). The first-order valence-electron chi connectivity index (χ1n) is 5.24. The van der Waals surface area contributed by atoms with Crippen molar-refractivity contribution in [3.05, 3.63) is 70.1 Å². The summed E-state index contributed by atoms with van der Waals surface area (Å²) in [5.74, 6) is -1.20. The lowest BCUT2D eigenvalue weighted by atomic mass is 10.2. The predicted octanol–water partition coefficient (Wildman–Crippen LogP) is 2.53. The van der Waals surface area contributed by atoms with Crippen LogP contribution in [-0.4, -0.2) is 15.6 Å². The zero-order valence-electron chi connectivity index (χ0n) is 9.29. The van der Waals surface area contributed by atoms with E-state index in [-0.39, 0.29) is 9.61 Å². The van der Waals surface area contributed by atoms with E-state index in [9.17, 15) is 9.59 Å². The smallest absolute Gasteiger partial charge is 0.341 e. The number of benzene rings is 1. The third-order valence-electron chi connectivity index (χ3n) is 2.52. The van der Waals surface area contributed by atoms with Crippen LogP contribution < -0.4 is 5.56 Å². The maximum Gasteiger partial charge on any atom is 0.341 e. The van der Waals surface area contributed by atoms with Gasteiger partial charge in [-0.3, -0.25) is 9.36 Å². The number of carbonyl (C=O) groups is 1. The zero-order valence-corrected chi connectivity index (χ0v) is 11.4. The second kappa shape index (κ2) is 5.34. The Labute approximate surface area is 117 Å². The van der Waals surface area contributed by atoms with Crippen LogP contribution in [0.25, 0.3) is 0 Å². The molecule has 1 atom stereocenters. The molecule has 2 aromatic rings. The molecule has 1 aromatic heterocycles. The van der Waals surface area contributed by atoms with E-state index in [1.54, 1.807) is 12.3 Å².